The van der Waals surface area contributed by atoms with E-state index in [9.17, 15) is 9.59 Å². The van der Waals surface area contributed by atoms with Gasteiger partial charge in [0.1, 0.15) is 6.29 Å². The van der Waals surface area contributed by atoms with Crippen LogP contribution in [0, 0.1) is 17.3 Å². The third-order valence-corrected chi connectivity index (χ3v) is 2.75. The van der Waals surface area contributed by atoms with Crippen LogP contribution in [0.1, 0.15) is 20.3 Å². The quantitative estimate of drug-likeness (QED) is 0.529. The number of allylic oxidation sites excluding steroid dienone is 2. The van der Waals surface area contributed by atoms with E-state index in [-0.39, 0.29) is 17.3 Å². The molecule has 1 aliphatic carbocycles. The monoisotopic (exact) mass is 182 g/mol. The second-order valence-electron chi connectivity index (χ2n) is 3.99. The fourth-order valence-electron chi connectivity index (χ4n) is 1.79. The summed E-state index contributed by atoms with van der Waals surface area (Å²) in [5.41, 5.74) is -0.148. The molecule has 72 valence electrons. The Morgan fingerprint density at radius 2 is 2.15 bits per heavy atom. The van der Waals surface area contributed by atoms with Gasteiger partial charge in [-0.3, -0.25) is 4.79 Å². The molecular weight excluding hydrogens is 168 g/mol. The van der Waals surface area contributed by atoms with Crippen LogP contribution < -0.4 is 0 Å². The van der Waals surface area contributed by atoms with E-state index >= 15 is 0 Å². The Balaban J connectivity index is 2.55. The van der Waals surface area contributed by atoms with Crippen LogP contribution in [0.5, 0.6) is 0 Å². The molecule has 1 fully saturated rings. The number of carbonyl (C=O) groups excluding carboxylic acids is 1. The molecule has 0 radical (unpaired) electrons. The Bertz CT molecular complexity index is 253. The first kappa shape index (κ1) is 9.96. The number of aliphatic carboxylic acids is 1. The van der Waals surface area contributed by atoms with Gasteiger partial charge in [0.25, 0.3) is 0 Å². The number of aldehydes is 1. The summed E-state index contributed by atoms with van der Waals surface area (Å²) in [5.74, 6) is -0.939. The topological polar surface area (TPSA) is 54.4 Å². The maximum Gasteiger partial charge on any atom is 0.307 e. The standard InChI is InChI=1S/C10H14O3/c1-10(2)7(5-3-4-6-11)8(10)9(12)13/h3,5-8H,4H2,1-2H3,(H,12,13)/b5-3+. The molecule has 1 rings (SSSR count). The highest BCUT2D eigenvalue weighted by molar-refractivity contribution is 5.76. The maximum atomic E-state index is 10.7. The van der Waals surface area contributed by atoms with Crippen LogP contribution in [0.15, 0.2) is 12.2 Å². The molecule has 1 aliphatic rings. The van der Waals surface area contributed by atoms with Crippen molar-refractivity contribution in [2.75, 3.05) is 0 Å². The van der Waals surface area contributed by atoms with Gasteiger partial charge in [0.2, 0.25) is 0 Å². The summed E-state index contributed by atoms with van der Waals surface area (Å²) in [6, 6.07) is 0. The summed E-state index contributed by atoms with van der Waals surface area (Å²) in [6.07, 6.45) is 4.76. The predicted octanol–water partition coefficient (Wildman–Crippen LogP) is 1.49. The van der Waals surface area contributed by atoms with Crippen molar-refractivity contribution >= 4 is 12.3 Å². The van der Waals surface area contributed by atoms with Crippen LogP contribution in [0.4, 0.5) is 0 Å². The van der Waals surface area contributed by atoms with E-state index in [0.717, 1.165) is 6.29 Å². The molecule has 0 saturated heterocycles. The fraction of sp³-hybridized carbons (Fsp3) is 0.600. The van der Waals surface area contributed by atoms with Gasteiger partial charge in [0, 0.05) is 6.42 Å². The fourth-order valence-corrected chi connectivity index (χ4v) is 1.79. The lowest BCUT2D eigenvalue weighted by Gasteiger charge is -1.95. The molecule has 0 aromatic carbocycles. The Labute approximate surface area is 77.4 Å². The predicted molar refractivity (Wildman–Crippen MR) is 48.2 cm³/mol. The number of carbonyl (C=O) groups is 2. The zero-order chi connectivity index (χ0) is 10.1. The van der Waals surface area contributed by atoms with Gasteiger partial charge in [-0.05, 0) is 11.3 Å². The summed E-state index contributed by atoms with van der Waals surface area (Å²) in [6.45, 7) is 3.86. The van der Waals surface area contributed by atoms with E-state index in [4.69, 9.17) is 5.11 Å². The van der Waals surface area contributed by atoms with Gasteiger partial charge < -0.3 is 9.90 Å². The summed E-state index contributed by atoms with van der Waals surface area (Å²) in [4.78, 5) is 20.7. The number of rotatable bonds is 4. The summed E-state index contributed by atoms with van der Waals surface area (Å²) in [7, 11) is 0. The van der Waals surface area contributed by atoms with Crippen molar-refractivity contribution in [1.29, 1.82) is 0 Å². The minimum absolute atomic E-state index is 0.0879. The zero-order valence-electron chi connectivity index (χ0n) is 7.86. The summed E-state index contributed by atoms with van der Waals surface area (Å²) < 4.78 is 0. The first-order valence-electron chi connectivity index (χ1n) is 4.35. The minimum atomic E-state index is -0.745. The van der Waals surface area contributed by atoms with E-state index < -0.39 is 5.97 Å². The van der Waals surface area contributed by atoms with Crippen LogP contribution in [-0.4, -0.2) is 17.4 Å². The van der Waals surface area contributed by atoms with Crippen molar-refractivity contribution < 1.29 is 14.7 Å². The molecule has 0 amide bonds. The average molecular weight is 182 g/mol. The number of hydrogen-bond donors (Lipinski definition) is 1. The van der Waals surface area contributed by atoms with Crippen LogP contribution >= 0.6 is 0 Å². The normalized spacial score (nSPS) is 30.3. The first-order valence-corrected chi connectivity index (χ1v) is 4.35. The van der Waals surface area contributed by atoms with Gasteiger partial charge in [0.05, 0.1) is 5.92 Å². The second-order valence-corrected chi connectivity index (χ2v) is 3.99. The highest BCUT2D eigenvalue weighted by Crippen LogP contribution is 2.58. The molecule has 0 aromatic heterocycles. The molecule has 0 aromatic rings. The Kier molecular flexibility index (Phi) is 2.55. The molecular formula is C10H14O3. The van der Waals surface area contributed by atoms with E-state index in [1.54, 1.807) is 6.08 Å². The summed E-state index contributed by atoms with van der Waals surface area (Å²) >= 11 is 0. The third kappa shape index (κ3) is 1.79. The Hall–Kier alpha value is -1.12. The van der Waals surface area contributed by atoms with Crippen LogP contribution in [-0.2, 0) is 9.59 Å². The smallest absolute Gasteiger partial charge is 0.307 e. The van der Waals surface area contributed by atoms with E-state index in [0.29, 0.717) is 6.42 Å². The van der Waals surface area contributed by atoms with Crippen LogP contribution in [0.3, 0.4) is 0 Å². The van der Waals surface area contributed by atoms with Gasteiger partial charge in [0.15, 0.2) is 0 Å². The molecule has 0 spiro atoms. The molecule has 2 atom stereocenters. The molecule has 3 nitrogen and oxygen atoms in total. The van der Waals surface area contributed by atoms with Gasteiger partial charge in [-0.25, -0.2) is 0 Å². The van der Waals surface area contributed by atoms with Crippen molar-refractivity contribution in [1.82, 2.24) is 0 Å². The molecule has 0 bridgehead atoms. The SMILES string of the molecule is CC1(C)C(/C=C/CC=O)C1C(=O)O. The van der Waals surface area contributed by atoms with Crippen LogP contribution in [0.25, 0.3) is 0 Å². The van der Waals surface area contributed by atoms with Crippen molar-refractivity contribution in [3.05, 3.63) is 12.2 Å². The number of carboxylic acid groups (broad SMARTS) is 1. The Morgan fingerprint density at radius 1 is 1.54 bits per heavy atom. The van der Waals surface area contributed by atoms with Crippen LogP contribution in [0.2, 0.25) is 0 Å². The Morgan fingerprint density at radius 3 is 2.54 bits per heavy atom. The molecule has 0 aliphatic heterocycles. The van der Waals surface area contributed by atoms with Crippen molar-refractivity contribution in [2.24, 2.45) is 17.3 Å². The minimum Gasteiger partial charge on any atom is -0.481 e. The maximum absolute atomic E-state index is 10.7. The van der Waals surface area contributed by atoms with Gasteiger partial charge in [-0.2, -0.15) is 0 Å². The zero-order valence-corrected chi connectivity index (χ0v) is 7.86. The lowest BCUT2D eigenvalue weighted by Crippen LogP contribution is -2.02. The molecule has 13 heavy (non-hydrogen) atoms. The third-order valence-electron chi connectivity index (χ3n) is 2.75. The average Bonchev–Trinajstić information content (AvgIpc) is 2.54. The van der Waals surface area contributed by atoms with Crippen molar-refractivity contribution in [3.63, 3.8) is 0 Å². The lowest BCUT2D eigenvalue weighted by molar-refractivity contribution is -0.139. The largest absolute Gasteiger partial charge is 0.481 e. The second kappa shape index (κ2) is 3.32. The van der Waals surface area contributed by atoms with E-state index in [1.165, 1.54) is 0 Å². The molecule has 0 heterocycles. The highest BCUT2D eigenvalue weighted by Gasteiger charge is 2.60. The van der Waals surface area contributed by atoms with Crippen molar-refractivity contribution in [3.8, 4) is 0 Å². The number of carboxylic acids is 1. The molecule has 3 heteroatoms. The van der Waals surface area contributed by atoms with Gasteiger partial charge in [-0.15, -0.1) is 0 Å². The van der Waals surface area contributed by atoms with Crippen molar-refractivity contribution in [2.45, 2.75) is 20.3 Å². The van der Waals surface area contributed by atoms with Gasteiger partial charge in [-0.1, -0.05) is 26.0 Å². The highest BCUT2D eigenvalue weighted by atomic mass is 16.4. The molecule has 1 saturated carbocycles. The van der Waals surface area contributed by atoms with Gasteiger partial charge >= 0.3 is 5.97 Å². The van der Waals surface area contributed by atoms with E-state index in [1.807, 2.05) is 19.9 Å². The lowest BCUT2D eigenvalue weighted by atomic mass is 10.1. The molecule has 2 unspecified atom stereocenters. The van der Waals surface area contributed by atoms with E-state index in [2.05, 4.69) is 0 Å². The summed E-state index contributed by atoms with van der Waals surface area (Å²) in [5, 5.41) is 8.81. The molecule has 1 N–H and O–H groups in total. The first-order chi connectivity index (χ1) is 6.01. The number of hydrogen-bond acceptors (Lipinski definition) is 2.